The minimum absolute atomic E-state index is 0.0774. The average Bonchev–Trinajstić information content (AvgIpc) is 2.84. The summed E-state index contributed by atoms with van der Waals surface area (Å²) in [5.74, 6) is -0.114. The normalized spacial score (nSPS) is 13.8. The quantitative estimate of drug-likeness (QED) is 0.357. The lowest BCUT2D eigenvalue weighted by Gasteiger charge is -2.31. The minimum Gasteiger partial charge on any atom is -0.366 e. The smallest absolute Gasteiger partial charge is 0.293 e. The van der Waals surface area contributed by atoms with Crippen LogP contribution in [-0.2, 0) is 0 Å². The van der Waals surface area contributed by atoms with Crippen LogP contribution in [-0.4, -0.2) is 29.8 Å². The van der Waals surface area contributed by atoms with Gasteiger partial charge in [0.1, 0.15) is 5.69 Å². The van der Waals surface area contributed by atoms with Crippen LogP contribution in [0.4, 0.5) is 22.7 Å². The Kier molecular flexibility index (Phi) is 7.10. The van der Waals surface area contributed by atoms with Gasteiger partial charge < -0.3 is 15.5 Å². The van der Waals surface area contributed by atoms with E-state index >= 15 is 0 Å². The van der Waals surface area contributed by atoms with E-state index in [2.05, 4.69) is 17.6 Å². The van der Waals surface area contributed by atoms with Crippen LogP contribution in [0.3, 0.4) is 0 Å². The molecule has 1 aliphatic heterocycles. The second kappa shape index (κ2) is 10.4. The molecule has 1 saturated heterocycles. The molecule has 2 amide bonds. The summed E-state index contributed by atoms with van der Waals surface area (Å²) in [5.41, 5.74) is 3.16. The Morgan fingerprint density at radius 2 is 1.49 bits per heavy atom. The van der Waals surface area contributed by atoms with Gasteiger partial charge in [-0.15, -0.1) is 0 Å². The summed E-state index contributed by atoms with van der Waals surface area (Å²) in [6, 6.07) is 18.6. The first-order chi connectivity index (χ1) is 16.8. The SMILES string of the molecule is Cc1cccc(C(=O)Nc2cccc(NC(=O)c3ccc(N4CCC(C)CC4)c([N+](=O)[O-])c3)c2)c1. The molecule has 3 aromatic carbocycles. The van der Waals surface area contributed by atoms with Crippen LogP contribution < -0.4 is 15.5 Å². The van der Waals surface area contributed by atoms with Gasteiger partial charge in [0, 0.05) is 41.7 Å². The number of anilines is 3. The number of nitrogens with zero attached hydrogens (tertiary/aromatic N) is 2. The maximum atomic E-state index is 12.9. The highest BCUT2D eigenvalue weighted by molar-refractivity contribution is 6.07. The third kappa shape index (κ3) is 5.84. The van der Waals surface area contributed by atoms with Crippen molar-refractivity contribution in [2.45, 2.75) is 26.7 Å². The fourth-order valence-corrected chi connectivity index (χ4v) is 4.20. The molecule has 3 aromatic rings. The predicted octanol–water partition coefficient (Wildman–Crippen LogP) is 5.64. The van der Waals surface area contributed by atoms with Crippen molar-refractivity contribution < 1.29 is 14.5 Å². The number of piperidine rings is 1. The molecule has 8 heteroatoms. The van der Waals surface area contributed by atoms with E-state index in [0.717, 1.165) is 31.5 Å². The summed E-state index contributed by atoms with van der Waals surface area (Å²) in [6.07, 6.45) is 1.96. The number of rotatable bonds is 6. The third-order valence-electron chi connectivity index (χ3n) is 6.22. The molecule has 0 atom stereocenters. The lowest BCUT2D eigenvalue weighted by Crippen LogP contribution is -2.33. The Balaban J connectivity index is 1.48. The van der Waals surface area contributed by atoms with Gasteiger partial charge in [0.2, 0.25) is 0 Å². The van der Waals surface area contributed by atoms with Crippen LogP contribution in [0.1, 0.15) is 46.0 Å². The van der Waals surface area contributed by atoms with Crippen molar-refractivity contribution in [1.82, 2.24) is 0 Å². The van der Waals surface area contributed by atoms with Crippen LogP contribution in [0.2, 0.25) is 0 Å². The molecule has 4 rings (SSSR count). The van der Waals surface area contributed by atoms with Gasteiger partial charge in [-0.05, 0) is 68.1 Å². The Morgan fingerprint density at radius 3 is 2.09 bits per heavy atom. The number of aryl methyl sites for hydroxylation is 1. The number of hydrogen-bond acceptors (Lipinski definition) is 5. The van der Waals surface area contributed by atoms with Crippen LogP contribution in [0, 0.1) is 23.0 Å². The van der Waals surface area contributed by atoms with Crippen LogP contribution in [0.15, 0.2) is 66.7 Å². The topological polar surface area (TPSA) is 105 Å². The van der Waals surface area contributed by atoms with Crippen molar-refractivity contribution >= 4 is 34.6 Å². The number of carbonyl (C=O) groups is 2. The lowest BCUT2D eigenvalue weighted by atomic mass is 9.98. The maximum absolute atomic E-state index is 12.9. The molecular formula is C27H28N4O4. The molecule has 0 spiro atoms. The van der Waals surface area contributed by atoms with Crippen molar-refractivity contribution in [2.24, 2.45) is 5.92 Å². The van der Waals surface area contributed by atoms with E-state index in [1.165, 1.54) is 6.07 Å². The first-order valence-corrected chi connectivity index (χ1v) is 11.6. The van der Waals surface area contributed by atoms with E-state index in [9.17, 15) is 19.7 Å². The summed E-state index contributed by atoms with van der Waals surface area (Å²) in [5, 5.41) is 17.3. The zero-order valence-corrected chi connectivity index (χ0v) is 19.8. The first-order valence-electron chi connectivity index (χ1n) is 11.6. The van der Waals surface area contributed by atoms with Gasteiger partial charge in [0.05, 0.1) is 4.92 Å². The van der Waals surface area contributed by atoms with Gasteiger partial charge in [-0.25, -0.2) is 0 Å². The van der Waals surface area contributed by atoms with Crippen LogP contribution in [0.25, 0.3) is 0 Å². The van der Waals surface area contributed by atoms with Crippen molar-refractivity contribution in [3.05, 3.63) is 93.5 Å². The maximum Gasteiger partial charge on any atom is 0.293 e. The predicted molar refractivity (Wildman–Crippen MR) is 137 cm³/mol. The molecule has 0 saturated carbocycles. The molecular weight excluding hydrogens is 444 g/mol. The second-order valence-electron chi connectivity index (χ2n) is 8.99. The second-order valence-corrected chi connectivity index (χ2v) is 8.99. The van der Waals surface area contributed by atoms with Gasteiger partial charge in [0.25, 0.3) is 17.5 Å². The summed E-state index contributed by atoms with van der Waals surface area (Å²) in [6.45, 7) is 5.61. The molecule has 1 heterocycles. The number of carbonyl (C=O) groups excluding carboxylic acids is 2. The molecule has 8 nitrogen and oxygen atoms in total. The largest absolute Gasteiger partial charge is 0.366 e. The molecule has 0 aliphatic carbocycles. The van der Waals surface area contributed by atoms with Gasteiger partial charge in [0.15, 0.2) is 0 Å². The van der Waals surface area contributed by atoms with Crippen LogP contribution >= 0.6 is 0 Å². The molecule has 0 bridgehead atoms. The number of nitro benzene ring substituents is 1. The zero-order valence-electron chi connectivity index (χ0n) is 19.8. The summed E-state index contributed by atoms with van der Waals surface area (Å²) < 4.78 is 0. The highest BCUT2D eigenvalue weighted by atomic mass is 16.6. The van der Waals surface area contributed by atoms with Gasteiger partial charge in [-0.1, -0.05) is 30.7 Å². The molecule has 0 radical (unpaired) electrons. The van der Waals surface area contributed by atoms with Crippen molar-refractivity contribution in [1.29, 1.82) is 0 Å². The van der Waals surface area contributed by atoms with E-state index < -0.39 is 10.8 Å². The third-order valence-corrected chi connectivity index (χ3v) is 6.22. The van der Waals surface area contributed by atoms with Crippen molar-refractivity contribution in [3.63, 3.8) is 0 Å². The highest BCUT2D eigenvalue weighted by Gasteiger charge is 2.25. The Morgan fingerprint density at radius 1 is 0.886 bits per heavy atom. The summed E-state index contributed by atoms with van der Waals surface area (Å²) in [7, 11) is 0. The Labute approximate surface area is 204 Å². The van der Waals surface area contributed by atoms with Crippen molar-refractivity contribution in [2.75, 3.05) is 28.6 Å². The molecule has 180 valence electrons. The molecule has 35 heavy (non-hydrogen) atoms. The van der Waals surface area contributed by atoms with Gasteiger partial charge in [-0.3, -0.25) is 19.7 Å². The van der Waals surface area contributed by atoms with Crippen molar-refractivity contribution in [3.8, 4) is 0 Å². The fraction of sp³-hybridized carbons (Fsp3) is 0.259. The lowest BCUT2D eigenvalue weighted by molar-refractivity contribution is -0.384. The minimum atomic E-state index is -0.464. The molecule has 2 N–H and O–H groups in total. The van der Waals surface area contributed by atoms with E-state index in [1.807, 2.05) is 24.0 Å². The van der Waals surface area contributed by atoms with E-state index in [0.29, 0.717) is 28.5 Å². The number of nitro groups is 1. The number of hydrogen-bond donors (Lipinski definition) is 2. The Bertz CT molecular complexity index is 1270. The number of amides is 2. The highest BCUT2D eigenvalue weighted by Crippen LogP contribution is 2.32. The summed E-state index contributed by atoms with van der Waals surface area (Å²) in [4.78, 5) is 38.7. The number of nitrogens with one attached hydrogen (secondary N) is 2. The van der Waals surface area contributed by atoms with Gasteiger partial charge in [-0.2, -0.15) is 0 Å². The first kappa shape index (κ1) is 23.9. The monoisotopic (exact) mass is 472 g/mol. The number of benzene rings is 3. The van der Waals surface area contributed by atoms with E-state index in [1.54, 1.807) is 48.5 Å². The average molecular weight is 473 g/mol. The zero-order chi connectivity index (χ0) is 24.9. The fourth-order valence-electron chi connectivity index (χ4n) is 4.20. The van der Waals surface area contributed by atoms with Crippen LogP contribution in [0.5, 0.6) is 0 Å². The molecule has 1 fully saturated rings. The Hall–Kier alpha value is -4.20. The van der Waals surface area contributed by atoms with E-state index in [-0.39, 0.29) is 17.2 Å². The molecule has 1 aliphatic rings. The molecule has 0 aromatic heterocycles. The standard InChI is InChI=1S/C27H28N4O4/c1-18-11-13-30(14-12-18)24-10-9-21(16-25(24)31(34)35)27(33)29-23-8-4-7-22(17-23)28-26(32)20-6-3-5-19(2)15-20/h3-10,15-18H,11-14H2,1-2H3,(H,28,32)(H,29,33). The van der Waals surface area contributed by atoms with Gasteiger partial charge >= 0.3 is 0 Å². The van der Waals surface area contributed by atoms with E-state index in [4.69, 9.17) is 0 Å². The molecule has 0 unspecified atom stereocenters. The summed E-state index contributed by atoms with van der Waals surface area (Å²) >= 11 is 0.